The van der Waals surface area contributed by atoms with E-state index in [4.69, 9.17) is 13.9 Å². The van der Waals surface area contributed by atoms with Crippen molar-refractivity contribution in [1.29, 1.82) is 0 Å². The Morgan fingerprint density at radius 1 is 1.14 bits per heavy atom. The zero-order chi connectivity index (χ0) is 20.2. The van der Waals surface area contributed by atoms with Crippen molar-refractivity contribution >= 4 is 5.91 Å². The molecule has 2 aromatic carbocycles. The summed E-state index contributed by atoms with van der Waals surface area (Å²) >= 11 is 0. The Kier molecular flexibility index (Phi) is 5.51. The number of hydrogen-bond acceptors (Lipinski definition) is 5. The maximum atomic E-state index is 13.1. The van der Waals surface area contributed by atoms with Crippen LogP contribution in [0.25, 0.3) is 11.5 Å². The zero-order valence-corrected chi connectivity index (χ0v) is 16.6. The fourth-order valence-corrected chi connectivity index (χ4v) is 3.35. The van der Waals surface area contributed by atoms with Gasteiger partial charge < -0.3 is 18.8 Å². The molecule has 0 bridgehead atoms. The summed E-state index contributed by atoms with van der Waals surface area (Å²) in [5, 5.41) is 0. The summed E-state index contributed by atoms with van der Waals surface area (Å²) < 4.78 is 16.4. The number of methoxy groups -OCH3 is 2. The molecule has 150 valence electrons. The second-order valence-corrected chi connectivity index (χ2v) is 7.12. The first-order valence-electron chi connectivity index (χ1n) is 9.68. The highest BCUT2D eigenvalue weighted by Gasteiger charge is 2.33. The molecule has 0 unspecified atom stereocenters. The van der Waals surface area contributed by atoms with Crippen LogP contribution in [-0.4, -0.2) is 36.1 Å². The van der Waals surface area contributed by atoms with E-state index in [1.54, 1.807) is 20.5 Å². The van der Waals surface area contributed by atoms with E-state index in [1.165, 1.54) is 0 Å². The number of oxazole rings is 1. The lowest BCUT2D eigenvalue weighted by molar-refractivity contribution is -0.131. The van der Waals surface area contributed by atoms with Crippen LogP contribution in [0, 0.1) is 0 Å². The smallest absolute Gasteiger partial charge is 0.229 e. The van der Waals surface area contributed by atoms with Crippen LogP contribution >= 0.6 is 0 Å². The highest BCUT2D eigenvalue weighted by molar-refractivity contribution is 5.79. The topological polar surface area (TPSA) is 64.8 Å². The molecule has 1 fully saturated rings. The van der Waals surface area contributed by atoms with Crippen LogP contribution in [0.4, 0.5) is 0 Å². The molecule has 0 aliphatic heterocycles. The monoisotopic (exact) mass is 392 g/mol. The Labute approximate surface area is 170 Å². The number of ether oxygens (including phenoxy) is 2. The highest BCUT2D eigenvalue weighted by atomic mass is 16.5. The Morgan fingerprint density at radius 2 is 1.93 bits per heavy atom. The van der Waals surface area contributed by atoms with Crippen molar-refractivity contribution in [3.63, 3.8) is 0 Å². The lowest BCUT2D eigenvalue weighted by Crippen LogP contribution is -2.34. The molecule has 0 saturated heterocycles. The number of amides is 1. The van der Waals surface area contributed by atoms with E-state index in [2.05, 4.69) is 4.98 Å². The fraction of sp³-hybridized carbons (Fsp3) is 0.304. The first kappa shape index (κ1) is 19.1. The van der Waals surface area contributed by atoms with Crippen molar-refractivity contribution in [1.82, 2.24) is 9.88 Å². The van der Waals surface area contributed by atoms with E-state index in [1.807, 2.05) is 53.4 Å². The summed E-state index contributed by atoms with van der Waals surface area (Å²) in [6.07, 6.45) is 3.81. The normalized spacial score (nSPS) is 13.2. The van der Waals surface area contributed by atoms with Gasteiger partial charge in [-0.3, -0.25) is 4.79 Å². The third-order valence-corrected chi connectivity index (χ3v) is 5.04. The van der Waals surface area contributed by atoms with Crippen molar-refractivity contribution in [2.45, 2.75) is 31.8 Å². The molecule has 1 heterocycles. The maximum absolute atomic E-state index is 13.1. The molecule has 1 saturated carbocycles. The number of aromatic nitrogens is 1. The second kappa shape index (κ2) is 8.39. The summed E-state index contributed by atoms with van der Waals surface area (Å²) in [5.74, 6) is 2.05. The van der Waals surface area contributed by atoms with Crippen LogP contribution < -0.4 is 9.47 Å². The summed E-state index contributed by atoms with van der Waals surface area (Å²) in [4.78, 5) is 19.5. The Hall–Kier alpha value is -3.28. The number of carbonyl (C=O) groups excluding carboxylic acids is 1. The van der Waals surface area contributed by atoms with Crippen LogP contribution in [0.15, 0.2) is 59.2 Å². The van der Waals surface area contributed by atoms with Gasteiger partial charge in [0.15, 0.2) is 0 Å². The number of nitrogens with zero attached hydrogens (tertiary/aromatic N) is 2. The lowest BCUT2D eigenvalue weighted by atomic mass is 10.1. The van der Waals surface area contributed by atoms with Crippen LogP contribution in [0.1, 0.15) is 24.1 Å². The average Bonchev–Trinajstić information content (AvgIpc) is 3.50. The van der Waals surface area contributed by atoms with Crippen LogP contribution in [0.5, 0.6) is 11.5 Å². The molecular weight excluding hydrogens is 368 g/mol. The van der Waals surface area contributed by atoms with Gasteiger partial charge in [-0.05, 0) is 43.2 Å². The molecule has 6 heteroatoms. The average molecular weight is 392 g/mol. The second-order valence-electron chi connectivity index (χ2n) is 7.12. The van der Waals surface area contributed by atoms with E-state index in [-0.39, 0.29) is 18.4 Å². The molecule has 0 radical (unpaired) electrons. The van der Waals surface area contributed by atoms with Gasteiger partial charge in [0.05, 0.1) is 26.3 Å². The van der Waals surface area contributed by atoms with Gasteiger partial charge >= 0.3 is 0 Å². The third kappa shape index (κ3) is 4.42. The van der Waals surface area contributed by atoms with Crippen LogP contribution in [-0.2, 0) is 17.8 Å². The summed E-state index contributed by atoms with van der Waals surface area (Å²) in [5.41, 5.74) is 2.46. The van der Waals surface area contributed by atoms with E-state index >= 15 is 0 Å². The van der Waals surface area contributed by atoms with Gasteiger partial charge in [-0.15, -0.1) is 0 Å². The number of rotatable bonds is 8. The first-order valence-corrected chi connectivity index (χ1v) is 9.68. The molecule has 4 rings (SSSR count). The Bertz CT molecular complexity index is 980. The third-order valence-electron chi connectivity index (χ3n) is 5.04. The molecule has 1 aliphatic rings. The molecular formula is C23H24N2O4. The largest absolute Gasteiger partial charge is 0.497 e. The molecule has 0 atom stereocenters. The van der Waals surface area contributed by atoms with E-state index < -0.39 is 0 Å². The molecule has 29 heavy (non-hydrogen) atoms. The molecule has 0 N–H and O–H groups in total. The Balaban J connectivity index is 1.50. The maximum Gasteiger partial charge on any atom is 0.229 e. The highest BCUT2D eigenvalue weighted by Crippen LogP contribution is 2.32. The minimum Gasteiger partial charge on any atom is -0.497 e. The zero-order valence-electron chi connectivity index (χ0n) is 16.6. The summed E-state index contributed by atoms with van der Waals surface area (Å²) in [6.45, 7) is 0.479. The molecule has 1 amide bonds. The first-order chi connectivity index (χ1) is 14.2. The van der Waals surface area contributed by atoms with Gasteiger partial charge in [-0.1, -0.05) is 18.2 Å². The molecule has 1 aliphatic carbocycles. The fourth-order valence-electron chi connectivity index (χ4n) is 3.35. The van der Waals surface area contributed by atoms with Gasteiger partial charge in [-0.2, -0.15) is 0 Å². The quantitative estimate of drug-likeness (QED) is 0.578. The summed E-state index contributed by atoms with van der Waals surface area (Å²) in [6, 6.07) is 15.6. The standard InChI is InChI=1S/C23H24N2O4/c1-27-20-10-11-21(28-2)17(12-20)14-25(19-8-9-19)22(26)13-18-15-29-23(24-18)16-6-4-3-5-7-16/h3-7,10-12,15,19H,8-9,13-14H2,1-2H3. The number of carbonyl (C=O) groups is 1. The van der Waals surface area contributed by atoms with E-state index in [0.29, 0.717) is 18.1 Å². The van der Waals surface area contributed by atoms with E-state index in [0.717, 1.165) is 35.5 Å². The predicted molar refractivity (Wildman–Crippen MR) is 109 cm³/mol. The predicted octanol–water partition coefficient (Wildman–Crippen LogP) is 4.09. The minimum atomic E-state index is 0.0327. The summed E-state index contributed by atoms with van der Waals surface area (Å²) in [7, 11) is 3.26. The van der Waals surface area contributed by atoms with Crippen LogP contribution in [0.2, 0.25) is 0 Å². The van der Waals surface area contributed by atoms with Gasteiger partial charge in [0.25, 0.3) is 0 Å². The van der Waals surface area contributed by atoms with Crippen molar-refractivity contribution in [3.05, 3.63) is 66.1 Å². The van der Waals surface area contributed by atoms with Crippen LogP contribution in [0.3, 0.4) is 0 Å². The van der Waals surface area contributed by atoms with Gasteiger partial charge in [0.2, 0.25) is 11.8 Å². The van der Waals surface area contributed by atoms with Crippen molar-refractivity contribution < 1.29 is 18.7 Å². The SMILES string of the molecule is COc1ccc(OC)c(CN(C(=O)Cc2coc(-c3ccccc3)n2)C2CC2)c1. The van der Waals surface area contributed by atoms with Gasteiger partial charge in [0, 0.05) is 23.7 Å². The van der Waals surface area contributed by atoms with Crippen molar-refractivity contribution in [3.8, 4) is 23.0 Å². The van der Waals surface area contributed by atoms with Gasteiger partial charge in [0.1, 0.15) is 17.8 Å². The van der Waals surface area contributed by atoms with Crippen molar-refractivity contribution in [2.24, 2.45) is 0 Å². The lowest BCUT2D eigenvalue weighted by Gasteiger charge is -2.23. The number of benzene rings is 2. The van der Waals surface area contributed by atoms with Gasteiger partial charge in [-0.25, -0.2) is 4.98 Å². The minimum absolute atomic E-state index is 0.0327. The number of hydrogen-bond donors (Lipinski definition) is 0. The Morgan fingerprint density at radius 3 is 2.62 bits per heavy atom. The molecule has 0 spiro atoms. The van der Waals surface area contributed by atoms with E-state index in [9.17, 15) is 4.79 Å². The molecule has 1 aromatic heterocycles. The van der Waals surface area contributed by atoms with Crippen molar-refractivity contribution in [2.75, 3.05) is 14.2 Å². The molecule has 6 nitrogen and oxygen atoms in total. The molecule has 3 aromatic rings.